The Bertz CT molecular complexity index is 298. The third-order valence-electron chi connectivity index (χ3n) is 1.63. The summed E-state index contributed by atoms with van der Waals surface area (Å²) in [5.74, 6) is -0.0265. The highest BCUT2D eigenvalue weighted by Gasteiger charge is 2.12. The second-order valence-corrected chi connectivity index (χ2v) is 3.38. The van der Waals surface area contributed by atoms with Crippen molar-refractivity contribution >= 4 is 22.4 Å². The number of aliphatic hydroxyl groups is 1. The molecule has 0 atom stereocenters. The van der Waals surface area contributed by atoms with Gasteiger partial charge in [0.25, 0.3) is 0 Å². The van der Waals surface area contributed by atoms with Crippen molar-refractivity contribution in [3.05, 3.63) is 11.1 Å². The molecule has 1 amide bonds. The van der Waals surface area contributed by atoms with Crippen LogP contribution in [0.3, 0.4) is 0 Å². The van der Waals surface area contributed by atoms with Crippen molar-refractivity contribution in [2.75, 3.05) is 11.4 Å². The molecule has 0 fully saturated rings. The number of amides is 1. The maximum Gasteiger partial charge on any atom is 0.225 e. The monoisotopic (exact) mass is 200 g/mol. The molecule has 0 spiro atoms. The molecule has 1 heterocycles. The SMILES string of the molecule is CCN(C(C)=O)c1nc(CO)cs1. The van der Waals surface area contributed by atoms with Crippen LogP contribution >= 0.6 is 11.3 Å². The van der Waals surface area contributed by atoms with Crippen LogP contribution in [0.1, 0.15) is 19.5 Å². The summed E-state index contributed by atoms with van der Waals surface area (Å²) in [5.41, 5.74) is 0.611. The van der Waals surface area contributed by atoms with E-state index in [0.29, 0.717) is 17.4 Å². The second kappa shape index (κ2) is 4.34. The van der Waals surface area contributed by atoms with Crippen molar-refractivity contribution in [2.24, 2.45) is 0 Å². The maximum absolute atomic E-state index is 11.1. The number of hydrogen-bond acceptors (Lipinski definition) is 4. The van der Waals surface area contributed by atoms with Crippen LogP contribution in [0.25, 0.3) is 0 Å². The zero-order valence-electron chi connectivity index (χ0n) is 7.65. The van der Waals surface area contributed by atoms with E-state index in [2.05, 4.69) is 4.98 Å². The highest BCUT2D eigenvalue weighted by atomic mass is 32.1. The predicted molar refractivity (Wildman–Crippen MR) is 51.7 cm³/mol. The number of rotatable bonds is 3. The van der Waals surface area contributed by atoms with Crippen molar-refractivity contribution in [1.82, 2.24) is 4.98 Å². The Morgan fingerprint density at radius 3 is 2.85 bits per heavy atom. The van der Waals surface area contributed by atoms with Crippen LogP contribution in [0, 0.1) is 0 Å². The smallest absolute Gasteiger partial charge is 0.225 e. The lowest BCUT2D eigenvalue weighted by Crippen LogP contribution is -2.27. The first-order valence-corrected chi connectivity index (χ1v) is 4.90. The van der Waals surface area contributed by atoms with Gasteiger partial charge in [-0.3, -0.25) is 9.69 Å². The molecule has 13 heavy (non-hydrogen) atoms. The summed E-state index contributed by atoms with van der Waals surface area (Å²) in [6, 6.07) is 0. The normalized spacial score (nSPS) is 10.1. The third kappa shape index (κ3) is 2.26. The molecule has 0 aliphatic heterocycles. The molecular weight excluding hydrogens is 188 g/mol. The zero-order chi connectivity index (χ0) is 9.84. The average molecular weight is 200 g/mol. The summed E-state index contributed by atoms with van der Waals surface area (Å²) >= 11 is 1.37. The fraction of sp³-hybridized carbons (Fsp3) is 0.500. The van der Waals surface area contributed by atoms with Gasteiger partial charge in [-0.15, -0.1) is 11.3 Å². The molecule has 1 N–H and O–H groups in total. The van der Waals surface area contributed by atoms with Crippen molar-refractivity contribution in [3.8, 4) is 0 Å². The van der Waals surface area contributed by atoms with E-state index in [9.17, 15) is 4.79 Å². The van der Waals surface area contributed by atoms with Gasteiger partial charge in [0, 0.05) is 18.8 Å². The number of aromatic nitrogens is 1. The van der Waals surface area contributed by atoms with Crippen LogP contribution in [-0.4, -0.2) is 22.5 Å². The molecule has 0 aliphatic rings. The van der Waals surface area contributed by atoms with Gasteiger partial charge in [-0.1, -0.05) is 0 Å². The molecule has 0 saturated heterocycles. The second-order valence-electron chi connectivity index (χ2n) is 2.54. The van der Waals surface area contributed by atoms with Crippen LogP contribution in [0.5, 0.6) is 0 Å². The Balaban J connectivity index is 2.85. The molecule has 1 aromatic heterocycles. The Morgan fingerprint density at radius 1 is 1.77 bits per heavy atom. The van der Waals surface area contributed by atoms with E-state index in [1.807, 2.05) is 6.92 Å². The van der Waals surface area contributed by atoms with Crippen molar-refractivity contribution in [2.45, 2.75) is 20.5 Å². The number of thiazole rings is 1. The molecule has 4 nitrogen and oxygen atoms in total. The van der Waals surface area contributed by atoms with Gasteiger partial charge >= 0.3 is 0 Å². The molecule has 72 valence electrons. The number of aliphatic hydroxyl groups excluding tert-OH is 1. The van der Waals surface area contributed by atoms with E-state index < -0.39 is 0 Å². The van der Waals surface area contributed by atoms with Crippen LogP contribution in [0.2, 0.25) is 0 Å². The van der Waals surface area contributed by atoms with E-state index in [-0.39, 0.29) is 12.5 Å². The van der Waals surface area contributed by atoms with Crippen LogP contribution in [0.15, 0.2) is 5.38 Å². The van der Waals surface area contributed by atoms with Gasteiger partial charge in [-0.25, -0.2) is 4.98 Å². The summed E-state index contributed by atoms with van der Waals surface area (Å²) in [6.45, 7) is 3.92. The average Bonchev–Trinajstić information content (AvgIpc) is 2.53. The molecule has 0 bridgehead atoms. The molecule has 0 radical (unpaired) electrons. The third-order valence-corrected chi connectivity index (χ3v) is 2.54. The maximum atomic E-state index is 11.1. The fourth-order valence-corrected chi connectivity index (χ4v) is 1.91. The number of hydrogen-bond donors (Lipinski definition) is 1. The van der Waals surface area contributed by atoms with Crippen molar-refractivity contribution in [1.29, 1.82) is 0 Å². The van der Waals surface area contributed by atoms with Gasteiger partial charge in [0.05, 0.1) is 12.3 Å². The first-order chi connectivity index (χ1) is 6.19. The minimum Gasteiger partial charge on any atom is -0.390 e. The largest absolute Gasteiger partial charge is 0.390 e. The summed E-state index contributed by atoms with van der Waals surface area (Å²) in [5, 5.41) is 11.2. The van der Waals surface area contributed by atoms with Crippen LogP contribution in [0.4, 0.5) is 5.13 Å². The van der Waals surface area contributed by atoms with E-state index >= 15 is 0 Å². The molecular formula is C8H12N2O2S. The van der Waals surface area contributed by atoms with E-state index in [1.165, 1.54) is 18.3 Å². The molecule has 0 aliphatic carbocycles. The zero-order valence-corrected chi connectivity index (χ0v) is 8.47. The van der Waals surface area contributed by atoms with Gasteiger partial charge < -0.3 is 5.11 Å². The number of carbonyl (C=O) groups is 1. The highest BCUT2D eigenvalue weighted by molar-refractivity contribution is 7.14. The molecule has 0 saturated carbocycles. The number of nitrogens with zero attached hydrogens (tertiary/aromatic N) is 2. The van der Waals surface area contributed by atoms with Crippen molar-refractivity contribution in [3.63, 3.8) is 0 Å². The Kier molecular flexibility index (Phi) is 3.39. The minimum absolute atomic E-state index is 0.0265. The van der Waals surface area contributed by atoms with E-state index in [0.717, 1.165) is 0 Å². The lowest BCUT2D eigenvalue weighted by atomic mass is 10.5. The van der Waals surface area contributed by atoms with E-state index in [1.54, 1.807) is 10.3 Å². The van der Waals surface area contributed by atoms with Crippen molar-refractivity contribution < 1.29 is 9.90 Å². The molecule has 1 aromatic rings. The molecule has 0 aromatic carbocycles. The predicted octanol–water partition coefficient (Wildman–Crippen LogP) is 1.01. The molecule has 0 unspecified atom stereocenters. The first kappa shape index (κ1) is 10.1. The van der Waals surface area contributed by atoms with Gasteiger partial charge in [0.1, 0.15) is 0 Å². The van der Waals surface area contributed by atoms with Gasteiger partial charge in [-0.2, -0.15) is 0 Å². The highest BCUT2D eigenvalue weighted by Crippen LogP contribution is 2.20. The quantitative estimate of drug-likeness (QED) is 0.792. The lowest BCUT2D eigenvalue weighted by molar-refractivity contribution is -0.116. The van der Waals surface area contributed by atoms with Crippen LogP contribution in [-0.2, 0) is 11.4 Å². The Morgan fingerprint density at radius 2 is 2.46 bits per heavy atom. The molecule has 5 heteroatoms. The van der Waals surface area contributed by atoms with Gasteiger partial charge in [0.2, 0.25) is 5.91 Å². The topological polar surface area (TPSA) is 53.4 Å². The fourth-order valence-electron chi connectivity index (χ4n) is 0.985. The first-order valence-electron chi connectivity index (χ1n) is 4.02. The Labute approximate surface area is 80.8 Å². The number of carbonyl (C=O) groups excluding carboxylic acids is 1. The molecule has 1 rings (SSSR count). The van der Waals surface area contributed by atoms with Gasteiger partial charge in [-0.05, 0) is 6.92 Å². The summed E-state index contributed by atoms with van der Waals surface area (Å²) in [4.78, 5) is 16.8. The standard InChI is InChI=1S/C8H12N2O2S/c1-3-10(6(2)12)8-9-7(4-11)5-13-8/h5,11H,3-4H2,1-2H3. The summed E-state index contributed by atoms with van der Waals surface area (Å²) in [6.07, 6.45) is 0. The summed E-state index contributed by atoms with van der Waals surface area (Å²) in [7, 11) is 0. The minimum atomic E-state index is -0.0774. The number of anilines is 1. The lowest BCUT2D eigenvalue weighted by Gasteiger charge is -2.14. The van der Waals surface area contributed by atoms with Crippen LogP contribution < -0.4 is 4.90 Å². The summed E-state index contributed by atoms with van der Waals surface area (Å²) < 4.78 is 0. The van der Waals surface area contributed by atoms with E-state index in [4.69, 9.17) is 5.11 Å². The Hall–Kier alpha value is -0.940. The van der Waals surface area contributed by atoms with Gasteiger partial charge in [0.15, 0.2) is 5.13 Å².